The zero-order chi connectivity index (χ0) is 19.0. The van der Waals surface area contributed by atoms with Crippen LogP contribution in [0.2, 0.25) is 0 Å². The maximum absolute atomic E-state index is 5.68. The highest BCUT2D eigenvalue weighted by atomic mass is 16.6. The van der Waals surface area contributed by atoms with Crippen LogP contribution in [0.1, 0.15) is 11.1 Å². The summed E-state index contributed by atoms with van der Waals surface area (Å²) < 4.78 is 1.98. The Hall–Kier alpha value is -3.66. The number of nitrogens with zero attached hydrogens (tertiary/aromatic N) is 3. The van der Waals surface area contributed by atoms with Gasteiger partial charge in [-0.2, -0.15) is 0 Å². The Bertz CT molecular complexity index is 1010. The van der Waals surface area contributed by atoms with E-state index in [2.05, 4.69) is 46.5 Å². The molecule has 0 amide bonds. The van der Waals surface area contributed by atoms with Gasteiger partial charge < -0.3 is 9.40 Å². The molecular formula is C24H21N3O. The molecule has 0 saturated carbocycles. The molecular weight excluding hydrogens is 346 g/mol. The molecule has 0 unspecified atom stereocenters. The lowest BCUT2D eigenvalue weighted by Crippen LogP contribution is -2.11. The zero-order valence-electron chi connectivity index (χ0n) is 15.5. The second kappa shape index (κ2) is 8.82. The summed E-state index contributed by atoms with van der Waals surface area (Å²) in [4.78, 5) is 9.78. The summed E-state index contributed by atoms with van der Waals surface area (Å²) in [5, 5.41) is 4.41. The normalized spacial score (nSPS) is 11.4. The van der Waals surface area contributed by atoms with Crippen LogP contribution in [0.25, 0.3) is 11.1 Å². The molecule has 4 aromatic rings. The van der Waals surface area contributed by atoms with E-state index in [-0.39, 0.29) is 0 Å². The van der Waals surface area contributed by atoms with Crippen LogP contribution in [0.5, 0.6) is 0 Å². The van der Waals surface area contributed by atoms with Crippen molar-refractivity contribution in [2.24, 2.45) is 5.16 Å². The van der Waals surface area contributed by atoms with Crippen LogP contribution in [0.4, 0.5) is 0 Å². The minimum absolute atomic E-state index is 0.426. The Kier molecular flexibility index (Phi) is 5.59. The Labute approximate surface area is 164 Å². The smallest absolute Gasteiger partial charge is 0.142 e. The van der Waals surface area contributed by atoms with E-state index < -0.39 is 0 Å². The maximum atomic E-state index is 5.68. The van der Waals surface area contributed by atoms with Gasteiger partial charge >= 0.3 is 0 Å². The highest BCUT2D eigenvalue weighted by molar-refractivity contribution is 6.00. The molecule has 4 nitrogen and oxygen atoms in total. The van der Waals surface area contributed by atoms with Crippen molar-refractivity contribution in [3.8, 4) is 11.1 Å². The second-order valence-corrected chi connectivity index (χ2v) is 6.48. The lowest BCUT2D eigenvalue weighted by Gasteiger charge is -2.08. The molecule has 1 heterocycles. The van der Waals surface area contributed by atoms with Gasteiger partial charge in [0.1, 0.15) is 12.3 Å². The summed E-state index contributed by atoms with van der Waals surface area (Å²) in [6.07, 6.45) is 5.46. The van der Waals surface area contributed by atoms with Crippen molar-refractivity contribution in [3.05, 3.63) is 115 Å². The summed E-state index contributed by atoms with van der Waals surface area (Å²) in [6.45, 7) is 1.03. The number of imidazole rings is 1. The van der Waals surface area contributed by atoms with Crippen LogP contribution >= 0.6 is 0 Å². The third-order valence-electron chi connectivity index (χ3n) is 4.47. The molecule has 3 aromatic carbocycles. The molecule has 0 aliphatic rings. The average molecular weight is 367 g/mol. The molecule has 0 aliphatic heterocycles. The quantitative estimate of drug-likeness (QED) is 0.334. The van der Waals surface area contributed by atoms with Gasteiger partial charge in [0.05, 0.1) is 12.9 Å². The molecule has 0 spiro atoms. The van der Waals surface area contributed by atoms with Crippen molar-refractivity contribution >= 4 is 5.71 Å². The Balaban J connectivity index is 1.45. The molecule has 138 valence electrons. The third kappa shape index (κ3) is 4.54. The van der Waals surface area contributed by atoms with E-state index in [9.17, 15) is 0 Å². The Morgan fingerprint density at radius 2 is 1.50 bits per heavy atom. The molecule has 0 atom stereocenters. The Morgan fingerprint density at radius 3 is 2.18 bits per heavy atom. The monoisotopic (exact) mass is 367 g/mol. The predicted octanol–water partition coefficient (Wildman–Crippen LogP) is 5.17. The van der Waals surface area contributed by atoms with E-state index in [1.807, 2.05) is 59.3 Å². The third-order valence-corrected chi connectivity index (χ3v) is 4.47. The van der Waals surface area contributed by atoms with Gasteiger partial charge in [0.15, 0.2) is 0 Å². The second-order valence-electron chi connectivity index (χ2n) is 6.48. The molecule has 0 radical (unpaired) electrons. The number of hydrogen-bond donors (Lipinski definition) is 0. The first-order valence-electron chi connectivity index (χ1n) is 9.23. The summed E-state index contributed by atoms with van der Waals surface area (Å²) >= 11 is 0. The first-order chi connectivity index (χ1) is 13.9. The fourth-order valence-corrected chi connectivity index (χ4v) is 2.97. The Morgan fingerprint density at radius 1 is 0.821 bits per heavy atom. The van der Waals surface area contributed by atoms with E-state index in [0.717, 1.165) is 16.8 Å². The van der Waals surface area contributed by atoms with E-state index in [1.165, 1.54) is 11.1 Å². The van der Waals surface area contributed by atoms with Crippen molar-refractivity contribution < 1.29 is 4.84 Å². The van der Waals surface area contributed by atoms with Gasteiger partial charge in [-0.05, 0) is 16.7 Å². The number of oxime groups is 1. The zero-order valence-corrected chi connectivity index (χ0v) is 15.5. The molecule has 4 rings (SSSR count). The SMILES string of the molecule is c1ccc(/C(Cn2ccnc2)=N/OCc2ccc(-c3ccccc3)cc2)cc1. The summed E-state index contributed by atoms with van der Waals surface area (Å²) in [7, 11) is 0. The number of benzene rings is 3. The molecule has 0 N–H and O–H groups in total. The molecule has 0 saturated heterocycles. The highest BCUT2D eigenvalue weighted by Crippen LogP contribution is 2.19. The van der Waals surface area contributed by atoms with Crippen LogP contribution in [-0.2, 0) is 18.0 Å². The fourth-order valence-electron chi connectivity index (χ4n) is 2.97. The molecule has 4 heteroatoms. The minimum Gasteiger partial charge on any atom is -0.391 e. The van der Waals surface area contributed by atoms with Gasteiger partial charge in [0.2, 0.25) is 0 Å². The van der Waals surface area contributed by atoms with Crippen LogP contribution in [0, 0.1) is 0 Å². The van der Waals surface area contributed by atoms with E-state index in [1.54, 1.807) is 12.5 Å². The van der Waals surface area contributed by atoms with Crippen molar-refractivity contribution in [3.63, 3.8) is 0 Å². The largest absolute Gasteiger partial charge is 0.391 e. The first-order valence-corrected chi connectivity index (χ1v) is 9.23. The van der Waals surface area contributed by atoms with Crippen LogP contribution in [0.15, 0.2) is 109 Å². The number of rotatable bonds is 7. The standard InChI is InChI=1S/C24H21N3O/c1-3-7-21(8-4-1)22-13-11-20(12-14-22)18-28-26-24(17-27-16-15-25-19-27)23-9-5-2-6-10-23/h1-16,19H,17-18H2/b26-24+. The number of aromatic nitrogens is 2. The molecule has 0 aliphatic carbocycles. The summed E-state index contributed by atoms with van der Waals surface area (Å²) in [5.41, 5.74) is 5.38. The number of hydrogen-bond acceptors (Lipinski definition) is 3. The van der Waals surface area contributed by atoms with Crippen LogP contribution in [-0.4, -0.2) is 15.3 Å². The van der Waals surface area contributed by atoms with Crippen LogP contribution < -0.4 is 0 Å². The van der Waals surface area contributed by atoms with Crippen LogP contribution in [0.3, 0.4) is 0 Å². The van der Waals surface area contributed by atoms with Gasteiger partial charge in [0, 0.05) is 18.0 Å². The lowest BCUT2D eigenvalue weighted by atomic mass is 10.0. The van der Waals surface area contributed by atoms with Crippen molar-refractivity contribution in [2.75, 3.05) is 0 Å². The minimum atomic E-state index is 0.426. The molecule has 0 fully saturated rings. The predicted molar refractivity (Wildman–Crippen MR) is 112 cm³/mol. The summed E-state index contributed by atoms with van der Waals surface area (Å²) in [6, 6.07) is 28.8. The van der Waals surface area contributed by atoms with Crippen molar-refractivity contribution in [2.45, 2.75) is 13.2 Å². The van der Waals surface area contributed by atoms with Gasteiger partial charge in [-0.1, -0.05) is 90.1 Å². The highest BCUT2D eigenvalue weighted by Gasteiger charge is 2.06. The molecule has 28 heavy (non-hydrogen) atoms. The van der Waals surface area contributed by atoms with Gasteiger partial charge in [-0.3, -0.25) is 0 Å². The van der Waals surface area contributed by atoms with E-state index >= 15 is 0 Å². The average Bonchev–Trinajstić information content (AvgIpc) is 3.28. The van der Waals surface area contributed by atoms with E-state index in [0.29, 0.717) is 13.2 Å². The van der Waals surface area contributed by atoms with E-state index in [4.69, 9.17) is 4.84 Å². The summed E-state index contributed by atoms with van der Waals surface area (Å²) in [5.74, 6) is 0. The topological polar surface area (TPSA) is 39.4 Å². The van der Waals surface area contributed by atoms with Gasteiger partial charge in [-0.15, -0.1) is 0 Å². The van der Waals surface area contributed by atoms with Gasteiger partial charge in [-0.25, -0.2) is 4.98 Å². The first kappa shape index (κ1) is 17.7. The maximum Gasteiger partial charge on any atom is 0.142 e. The lowest BCUT2D eigenvalue weighted by molar-refractivity contribution is 0.130. The van der Waals surface area contributed by atoms with Crippen molar-refractivity contribution in [1.82, 2.24) is 9.55 Å². The van der Waals surface area contributed by atoms with Gasteiger partial charge in [0.25, 0.3) is 0 Å². The fraction of sp³-hybridized carbons (Fsp3) is 0.0833. The molecule has 0 bridgehead atoms. The molecule has 1 aromatic heterocycles. The van der Waals surface area contributed by atoms with Crippen molar-refractivity contribution in [1.29, 1.82) is 0 Å².